The van der Waals surface area contributed by atoms with Crippen LogP contribution in [0.5, 0.6) is 0 Å². The summed E-state index contributed by atoms with van der Waals surface area (Å²) in [5.41, 5.74) is 8.38. The Bertz CT molecular complexity index is 596. The Hall–Kier alpha value is -1.49. The summed E-state index contributed by atoms with van der Waals surface area (Å²) in [6.45, 7) is 2.44. The van der Waals surface area contributed by atoms with Gasteiger partial charge in [-0.3, -0.25) is 4.21 Å². The van der Waals surface area contributed by atoms with Crippen LogP contribution < -0.4 is 5.73 Å². The lowest BCUT2D eigenvalue weighted by atomic mass is 10.1. The van der Waals surface area contributed by atoms with Crippen molar-refractivity contribution < 1.29 is 9.32 Å². The van der Waals surface area contributed by atoms with Gasteiger partial charge in [0.1, 0.15) is 0 Å². The van der Waals surface area contributed by atoms with Crippen LogP contribution in [0.4, 0.5) is 0 Å². The first-order valence-electron chi connectivity index (χ1n) is 6.52. The van der Waals surface area contributed by atoms with Crippen molar-refractivity contribution in [2.45, 2.75) is 24.5 Å². The predicted octanol–water partition coefficient (Wildman–Crippen LogP) is 2.29. The number of aryl methyl sites for hydroxylation is 1. The average Bonchev–Trinajstić information content (AvgIpc) is 2.47. The largest absolute Gasteiger partial charge is 0.387 e. The Labute approximate surface area is 121 Å². The number of aliphatic hydroxyl groups is 1. The molecule has 3 N–H and O–H groups in total. The maximum absolute atomic E-state index is 12.2. The van der Waals surface area contributed by atoms with Gasteiger partial charge < -0.3 is 10.8 Å². The van der Waals surface area contributed by atoms with E-state index in [2.05, 4.69) is 0 Å². The number of hydrogen-bond donors (Lipinski definition) is 2. The van der Waals surface area contributed by atoms with Crippen LogP contribution in [-0.4, -0.2) is 15.1 Å². The van der Waals surface area contributed by atoms with Crippen LogP contribution in [0.2, 0.25) is 0 Å². The zero-order chi connectivity index (χ0) is 14.5. The minimum atomic E-state index is -1.21. The molecule has 2 atom stereocenters. The second-order valence-corrected chi connectivity index (χ2v) is 6.29. The maximum atomic E-state index is 12.2. The van der Waals surface area contributed by atoms with Crippen molar-refractivity contribution in [3.8, 4) is 0 Å². The van der Waals surface area contributed by atoms with Gasteiger partial charge in [-0.25, -0.2) is 0 Å². The molecule has 0 amide bonds. The molecule has 2 aromatic carbocycles. The van der Waals surface area contributed by atoms with E-state index in [1.807, 2.05) is 55.5 Å². The first-order chi connectivity index (χ1) is 9.60. The predicted molar refractivity (Wildman–Crippen MR) is 81.7 cm³/mol. The third kappa shape index (κ3) is 3.76. The SMILES string of the molecule is Cc1cccc(S(=O)CC(O)c2ccc(CN)cc2)c1. The molecule has 0 bridgehead atoms. The molecule has 0 heterocycles. The van der Waals surface area contributed by atoms with Crippen LogP contribution in [-0.2, 0) is 17.3 Å². The second-order valence-electron chi connectivity index (χ2n) is 4.79. The molecule has 4 heteroatoms. The van der Waals surface area contributed by atoms with E-state index < -0.39 is 16.9 Å². The topological polar surface area (TPSA) is 63.3 Å². The van der Waals surface area contributed by atoms with Gasteiger partial charge in [-0.15, -0.1) is 0 Å². The molecule has 0 aromatic heterocycles. The van der Waals surface area contributed by atoms with Gasteiger partial charge in [0.25, 0.3) is 0 Å². The van der Waals surface area contributed by atoms with E-state index in [1.165, 1.54) is 0 Å². The lowest BCUT2D eigenvalue weighted by molar-refractivity contribution is 0.203. The van der Waals surface area contributed by atoms with Crippen LogP contribution >= 0.6 is 0 Å². The van der Waals surface area contributed by atoms with Crippen molar-refractivity contribution >= 4 is 10.8 Å². The van der Waals surface area contributed by atoms with E-state index >= 15 is 0 Å². The lowest BCUT2D eigenvalue weighted by Gasteiger charge is -2.11. The molecule has 2 aromatic rings. The molecule has 106 valence electrons. The first kappa shape index (κ1) is 14.9. The third-order valence-corrected chi connectivity index (χ3v) is 4.56. The smallest absolute Gasteiger partial charge is 0.0908 e. The summed E-state index contributed by atoms with van der Waals surface area (Å²) in [5, 5.41) is 10.2. The zero-order valence-corrected chi connectivity index (χ0v) is 12.3. The molecule has 0 radical (unpaired) electrons. The van der Waals surface area contributed by atoms with E-state index in [-0.39, 0.29) is 5.75 Å². The average molecular weight is 289 g/mol. The number of benzene rings is 2. The summed E-state index contributed by atoms with van der Waals surface area (Å²) in [6, 6.07) is 15.0. The van der Waals surface area contributed by atoms with E-state index in [0.717, 1.165) is 21.6 Å². The van der Waals surface area contributed by atoms with E-state index in [9.17, 15) is 9.32 Å². The van der Waals surface area contributed by atoms with Gasteiger partial charge in [-0.05, 0) is 35.7 Å². The normalized spacial score (nSPS) is 13.9. The van der Waals surface area contributed by atoms with Gasteiger partial charge in [0.05, 0.1) is 22.7 Å². The lowest BCUT2D eigenvalue weighted by Crippen LogP contribution is -2.09. The molecule has 0 aliphatic rings. The molecule has 0 saturated heterocycles. The fourth-order valence-electron chi connectivity index (χ4n) is 1.97. The molecule has 0 aliphatic carbocycles. The Morgan fingerprint density at radius 2 is 1.90 bits per heavy atom. The van der Waals surface area contributed by atoms with Gasteiger partial charge >= 0.3 is 0 Å². The van der Waals surface area contributed by atoms with Crippen LogP contribution in [0.25, 0.3) is 0 Å². The van der Waals surface area contributed by atoms with Gasteiger partial charge in [0, 0.05) is 11.4 Å². The minimum Gasteiger partial charge on any atom is -0.387 e. The second kappa shape index (κ2) is 6.79. The van der Waals surface area contributed by atoms with E-state index in [1.54, 1.807) is 0 Å². The highest BCUT2D eigenvalue weighted by molar-refractivity contribution is 7.85. The maximum Gasteiger partial charge on any atom is 0.0908 e. The van der Waals surface area contributed by atoms with Gasteiger partial charge in [0.15, 0.2) is 0 Å². The Balaban J connectivity index is 2.06. The summed E-state index contributed by atoms with van der Waals surface area (Å²) in [6.07, 6.45) is -0.733. The summed E-state index contributed by atoms with van der Waals surface area (Å²) >= 11 is 0. The summed E-state index contributed by atoms with van der Waals surface area (Å²) in [4.78, 5) is 0.752. The molecule has 20 heavy (non-hydrogen) atoms. The number of aliphatic hydroxyl groups excluding tert-OH is 1. The molecule has 0 saturated carbocycles. The zero-order valence-electron chi connectivity index (χ0n) is 11.5. The van der Waals surface area contributed by atoms with Crippen LogP contribution in [0.3, 0.4) is 0 Å². The molecule has 2 unspecified atom stereocenters. The fraction of sp³-hybridized carbons (Fsp3) is 0.250. The fourth-order valence-corrected chi connectivity index (χ4v) is 3.19. The van der Waals surface area contributed by atoms with Crippen molar-refractivity contribution in [2.24, 2.45) is 5.73 Å². The van der Waals surface area contributed by atoms with E-state index in [0.29, 0.717) is 6.54 Å². The highest BCUT2D eigenvalue weighted by Crippen LogP contribution is 2.18. The summed E-state index contributed by atoms with van der Waals surface area (Å²) in [7, 11) is -1.21. The van der Waals surface area contributed by atoms with Crippen LogP contribution in [0.15, 0.2) is 53.4 Å². The number of hydrogen-bond acceptors (Lipinski definition) is 3. The Morgan fingerprint density at radius 1 is 1.20 bits per heavy atom. The molecular weight excluding hydrogens is 270 g/mol. The minimum absolute atomic E-state index is 0.200. The van der Waals surface area contributed by atoms with Crippen molar-refractivity contribution in [3.05, 3.63) is 65.2 Å². The van der Waals surface area contributed by atoms with Crippen LogP contribution in [0, 0.1) is 6.92 Å². The third-order valence-electron chi connectivity index (χ3n) is 3.16. The van der Waals surface area contributed by atoms with Crippen molar-refractivity contribution in [2.75, 3.05) is 5.75 Å². The van der Waals surface area contributed by atoms with E-state index in [4.69, 9.17) is 5.73 Å². The van der Waals surface area contributed by atoms with Crippen molar-refractivity contribution in [3.63, 3.8) is 0 Å². The highest BCUT2D eigenvalue weighted by Gasteiger charge is 2.13. The quantitative estimate of drug-likeness (QED) is 0.887. The summed E-state index contributed by atoms with van der Waals surface area (Å²) in [5.74, 6) is 0.200. The van der Waals surface area contributed by atoms with Gasteiger partial charge in [-0.1, -0.05) is 36.4 Å². The molecule has 3 nitrogen and oxygen atoms in total. The van der Waals surface area contributed by atoms with Crippen molar-refractivity contribution in [1.29, 1.82) is 0 Å². The number of nitrogens with two attached hydrogens (primary N) is 1. The Morgan fingerprint density at radius 3 is 2.50 bits per heavy atom. The van der Waals surface area contributed by atoms with Gasteiger partial charge in [0.2, 0.25) is 0 Å². The number of rotatable bonds is 5. The van der Waals surface area contributed by atoms with Crippen molar-refractivity contribution in [1.82, 2.24) is 0 Å². The van der Waals surface area contributed by atoms with Crippen LogP contribution in [0.1, 0.15) is 22.8 Å². The highest BCUT2D eigenvalue weighted by atomic mass is 32.2. The molecule has 0 fully saturated rings. The van der Waals surface area contributed by atoms with Gasteiger partial charge in [-0.2, -0.15) is 0 Å². The molecule has 0 spiro atoms. The Kier molecular flexibility index (Phi) is 5.06. The first-order valence-corrected chi connectivity index (χ1v) is 7.84. The monoisotopic (exact) mass is 289 g/mol. The standard InChI is InChI=1S/C16H19NO2S/c1-12-3-2-4-15(9-12)20(19)11-16(18)14-7-5-13(10-17)6-8-14/h2-9,16,18H,10-11,17H2,1H3. The molecule has 0 aliphatic heterocycles. The molecular formula is C16H19NO2S. The summed E-state index contributed by atoms with van der Waals surface area (Å²) < 4.78 is 12.2. The molecule has 2 rings (SSSR count).